The Morgan fingerprint density at radius 2 is 1.49 bits per heavy atom. The van der Waals surface area contributed by atoms with E-state index in [-0.39, 0.29) is 26.9 Å². The van der Waals surface area contributed by atoms with Gasteiger partial charge in [0.05, 0.1) is 36.3 Å². The molecule has 3 amide bonds. The van der Waals surface area contributed by atoms with Gasteiger partial charge in [-0.3, -0.25) is 29.4 Å². The van der Waals surface area contributed by atoms with Gasteiger partial charge in [0.25, 0.3) is 23.4 Å². The SMILES string of the molecule is COc1ccc(OC)c([C@@H]2[C@@H](N3C(=O)c4ccc([N+](=O)[O-])cc4C3=O)C(=O)N2c2cc(Cl)cc(Cl)c2)c1. The number of non-ortho nitro benzene ring substituents is 1. The predicted octanol–water partition coefficient (Wildman–Crippen LogP) is 4.67. The summed E-state index contributed by atoms with van der Waals surface area (Å²) in [6.45, 7) is 0. The van der Waals surface area contributed by atoms with Gasteiger partial charge in [-0.15, -0.1) is 0 Å². The van der Waals surface area contributed by atoms with Crippen LogP contribution in [-0.4, -0.2) is 47.8 Å². The third-order valence-electron chi connectivity index (χ3n) is 6.34. The predicted molar refractivity (Wildman–Crippen MR) is 134 cm³/mol. The highest BCUT2D eigenvalue weighted by Gasteiger charge is 2.58. The van der Waals surface area contributed by atoms with Crippen molar-refractivity contribution in [3.05, 3.63) is 91.4 Å². The first-order valence-corrected chi connectivity index (χ1v) is 11.6. The molecule has 188 valence electrons. The van der Waals surface area contributed by atoms with Crippen molar-refractivity contribution in [1.29, 1.82) is 0 Å². The first kappa shape index (κ1) is 24.5. The minimum atomic E-state index is -1.27. The average molecular weight is 542 g/mol. The van der Waals surface area contributed by atoms with E-state index in [0.29, 0.717) is 22.7 Å². The normalized spacial score (nSPS) is 18.5. The summed E-state index contributed by atoms with van der Waals surface area (Å²) in [7, 11) is 2.92. The third kappa shape index (κ3) is 3.85. The lowest BCUT2D eigenvalue weighted by Crippen LogP contribution is -2.67. The second-order valence-electron chi connectivity index (χ2n) is 8.30. The number of imide groups is 1. The number of nitro groups is 1. The molecule has 10 nitrogen and oxygen atoms in total. The van der Waals surface area contributed by atoms with Crippen molar-refractivity contribution in [3.8, 4) is 11.5 Å². The van der Waals surface area contributed by atoms with Gasteiger partial charge in [-0.05, 0) is 42.5 Å². The zero-order valence-corrected chi connectivity index (χ0v) is 20.8. The molecule has 0 aliphatic carbocycles. The standard InChI is InChI=1S/C25H17Cl2N3O7/c1-36-16-4-6-20(37-2)19(11-16)21-22(25(33)28(21)15-8-12(26)7-13(27)9-15)29-23(31)17-5-3-14(30(34)35)10-18(17)24(29)32/h3-11,21-22H,1-2H3/t21-,22-/m1/s1. The highest BCUT2D eigenvalue weighted by molar-refractivity contribution is 6.35. The molecule has 12 heteroatoms. The summed E-state index contributed by atoms with van der Waals surface area (Å²) in [5, 5.41) is 11.8. The fourth-order valence-electron chi connectivity index (χ4n) is 4.68. The fourth-order valence-corrected chi connectivity index (χ4v) is 5.20. The Morgan fingerprint density at radius 1 is 0.811 bits per heavy atom. The fraction of sp³-hybridized carbons (Fsp3) is 0.160. The first-order valence-electron chi connectivity index (χ1n) is 10.8. The molecule has 2 aliphatic heterocycles. The zero-order valence-electron chi connectivity index (χ0n) is 19.3. The molecular weight excluding hydrogens is 525 g/mol. The Morgan fingerprint density at radius 3 is 2.11 bits per heavy atom. The van der Waals surface area contributed by atoms with Crippen molar-refractivity contribution in [1.82, 2.24) is 4.90 Å². The van der Waals surface area contributed by atoms with Crippen LogP contribution in [0.1, 0.15) is 32.3 Å². The minimum absolute atomic E-state index is 0.0241. The van der Waals surface area contributed by atoms with Gasteiger partial charge in [-0.25, -0.2) is 0 Å². The van der Waals surface area contributed by atoms with Crippen LogP contribution in [-0.2, 0) is 4.79 Å². The number of β-lactam (4-membered cyclic amide) rings is 1. The molecule has 5 rings (SSSR count). The van der Waals surface area contributed by atoms with E-state index in [0.717, 1.165) is 17.0 Å². The number of fused-ring (bicyclic) bond motifs is 1. The van der Waals surface area contributed by atoms with E-state index in [1.54, 1.807) is 18.2 Å². The highest BCUT2D eigenvalue weighted by Crippen LogP contribution is 2.48. The van der Waals surface area contributed by atoms with Crippen LogP contribution in [0.4, 0.5) is 11.4 Å². The number of amides is 3. The number of carbonyl (C=O) groups is 3. The van der Waals surface area contributed by atoms with Crippen molar-refractivity contribution in [3.63, 3.8) is 0 Å². The quantitative estimate of drug-likeness (QED) is 0.192. The first-order chi connectivity index (χ1) is 17.7. The molecule has 37 heavy (non-hydrogen) atoms. The van der Waals surface area contributed by atoms with Gasteiger partial charge >= 0.3 is 0 Å². The molecule has 2 heterocycles. The number of rotatable bonds is 6. The topological polar surface area (TPSA) is 119 Å². The maximum Gasteiger partial charge on any atom is 0.270 e. The average Bonchev–Trinajstić information content (AvgIpc) is 3.10. The van der Waals surface area contributed by atoms with Gasteiger partial charge in [-0.2, -0.15) is 0 Å². The molecule has 0 spiro atoms. The Bertz CT molecular complexity index is 1490. The van der Waals surface area contributed by atoms with Gasteiger partial charge < -0.3 is 14.4 Å². The van der Waals surface area contributed by atoms with Gasteiger partial charge in [0, 0.05) is 33.4 Å². The minimum Gasteiger partial charge on any atom is -0.497 e. The largest absolute Gasteiger partial charge is 0.497 e. The Hall–Kier alpha value is -4.15. The van der Waals surface area contributed by atoms with Crippen LogP contribution in [0.15, 0.2) is 54.6 Å². The van der Waals surface area contributed by atoms with Crippen LogP contribution < -0.4 is 14.4 Å². The number of halogens is 2. The van der Waals surface area contributed by atoms with Crippen molar-refractivity contribution in [2.75, 3.05) is 19.1 Å². The number of ether oxygens (including phenoxy) is 2. The highest BCUT2D eigenvalue weighted by atomic mass is 35.5. The molecule has 1 saturated heterocycles. The van der Waals surface area contributed by atoms with E-state index in [1.165, 1.54) is 43.4 Å². The van der Waals surface area contributed by atoms with Crippen molar-refractivity contribution in [2.45, 2.75) is 12.1 Å². The van der Waals surface area contributed by atoms with Gasteiger partial charge in [0.15, 0.2) is 0 Å². The summed E-state index contributed by atoms with van der Waals surface area (Å²) >= 11 is 12.4. The molecule has 3 aromatic rings. The van der Waals surface area contributed by atoms with E-state index < -0.39 is 34.7 Å². The molecule has 0 saturated carbocycles. The molecule has 0 bridgehead atoms. The summed E-state index contributed by atoms with van der Waals surface area (Å²) in [5.41, 5.74) is 0.297. The molecule has 0 aromatic heterocycles. The van der Waals surface area contributed by atoms with E-state index >= 15 is 0 Å². The number of carbonyl (C=O) groups excluding carboxylic acids is 3. The molecular formula is C25H17Cl2N3O7. The number of nitro benzene ring substituents is 1. The number of hydrogen-bond acceptors (Lipinski definition) is 7. The van der Waals surface area contributed by atoms with Gasteiger partial charge in [0.1, 0.15) is 17.5 Å². The van der Waals surface area contributed by atoms with E-state index in [4.69, 9.17) is 32.7 Å². The van der Waals surface area contributed by atoms with Crippen molar-refractivity contribution < 1.29 is 28.8 Å². The zero-order chi connectivity index (χ0) is 26.6. The number of anilines is 1. The van der Waals surface area contributed by atoms with E-state index in [1.807, 2.05) is 0 Å². The van der Waals surface area contributed by atoms with Gasteiger partial charge in [-0.1, -0.05) is 23.2 Å². The summed E-state index contributed by atoms with van der Waals surface area (Å²) in [4.78, 5) is 53.1. The van der Waals surface area contributed by atoms with Crippen LogP contribution in [0.5, 0.6) is 11.5 Å². The summed E-state index contributed by atoms with van der Waals surface area (Å²) in [6.07, 6.45) is 0. The maximum absolute atomic E-state index is 13.6. The van der Waals surface area contributed by atoms with Crippen LogP contribution >= 0.6 is 23.2 Å². The third-order valence-corrected chi connectivity index (χ3v) is 6.78. The molecule has 2 atom stereocenters. The lowest BCUT2D eigenvalue weighted by atomic mass is 9.85. The number of nitrogens with zero attached hydrogens (tertiary/aromatic N) is 3. The number of methoxy groups -OCH3 is 2. The lowest BCUT2D eigenvalue weighted by molar-refractivity contribution is -0.384. The number of benzene rings is 3. The van der Waals surface area contributed by atoms with Crippen molar-refractivity contribution >= 4 is 52.3 Å². The smallest absolute Gasteiger partial charge is 0.270 e. The molecule has 2 aliphatic rings. The molecule has 1 fully saturated rings. The Kier molecular flexibility index (Phi) is 6.01. The second-order valence-corrected chi connectivity index (χ2v) is 9.17. The summed E-state index contributed by atoms with van der Waals surface area (Å²) < 4.78 is 10.9. The maximum atomic E-state index is 13.6. The van der Waals surface area contributed by atoms with Gasteiger partial charge in [0.2, 0.25) is 0 Å². The molecule has 0 unspecified atom stereocenters. The van der Waals surface area contributed by atoms with Crippen LogP contribution in [0.3, 0.4) is 0 Å². The molecule has 0 N–H and O–H groups in total. The van der Waals surface area contributed by atoms with Crippen LogP contribution in [0.25, 0.3) is 0 Å². The second kappa shape index (κ2) is 9.06. The monoisotopic (exact) mass is 541 g/mol. The Balaban J connectivity index is 1.65. The molecule has 3 aromatic carbocycles. The van der Waals surface area contributed by atoms with Crippen LogP contribution in [0.2, 0.25) is 10.0 Å². The van der Waals surface area contributed by atoms with E-state index in [9.17, 15) is 24.5 Å². The lowest BCUT2D eigenvalue weighted by Gasteiger charge is -2.50. The summed E-state index contributed by atoms with van der Waals surface area (Å²) in [6, 6.07) is 10.7. The van der Waals surface area contributed by atoms with E-state index in [2.05, 4.69) is 0 Å². The van der Waals surface area contributed by atoms with Crippen molar-refractivity contribution in [2.24, 2.45) is 0 Å². The molecule has 0 radical (unpaired) electrons. The Labute approximate surface area is 220 Å². The van der Waals surface area contributed by atoms with Crippen LogP contribution in [0, 0.1) is 10.1 Å². The summed E-state index contributed by atoms with van der Waals surface area (Å²) in [5.74, 6) is -1.27. The number of hydrogen-bond donors (Lipinski definition) is 0.